The maximum absolute atomic E-state index is 14.0. The molecule has 0 spiro atoms. The fourth-order valence-electron chi connectivity index (χ4n) is 3.85. The lowest BCUT2D eigenvalue weighted by atomic mass is 9.98. The van der Waals surface area contributed by atoms with Crippen molar-refractivity contribution in [1.82, 2.24) is 24.1 Å². The third-order valence-electron chi connectivity index (χ3n) is 5.82. The zero-order valence-electron chi connectivity index (χ0n) is 16.6. The third-order valence-corrected chi connectivity index (χ3v) is 5.82. The first-order chi connectivity index (χ1) is 14.5. The Labute approximate surface area is 172 Å². The van der Waals surface area contributed by atoms with Crippen molar-refractivity contribution in [3.05, 3.63) is 64.2 Å². The zero-order valence-corrected chi connectivity index (χ0v) is 16.6. The molecule has 154 valence electrons. The molecule has 0 radical (unpaired) electrons. The summed E-state index contributed by atoms with van der Waals surface area (Å²) in [5.41, 5.74) is 4.34. The van der Waals surface area contributed by atoms with Crippen LogP contribution in [-0.4, -0.2) is 29.2 Å². The normalized spacial score (nSPS) is 13.9. The fourth-order valence-corrected chi connectivity index (χ4v) is 3.85. The molecule has 1 aliphatic carbocycles. The molecular weight excluding hydrogens is 385 g/mol. The van der Waals surface area contributed by atoms with Gasteiger partial charge in [0.05, 0.1) is 18.3 Å². The van der Waals surface area contributed by atoms with Crippen molar-refractivity contribution < 1.29 is 9.50 Å². The van der Waals surface area contributed by atoms with Crippen molar-refractivity contribution in [2.24, 2.45) is 13.0 Å². The second-order valence-corrected chi connectivity index (χ2v) is 7.96. The largest absolute Gasteiger partial charge is 0.493 e. The molecule has 5 rings (SSSR count). The number of halogens is 1. The molecule has 1 saturated carbocycles. The van der Waals surface area contributed by atoms with Gasteiger partial charge in [0.15, 0.2) is 0 Å². The number of fused-ring (bicyclic) bond motifs is 1. The maximum atomic E-state index is 14.0. The van der Waals surface area contributed by atoms with Crippen LogP contribution in [0.5, 0.6) is 5.88 Å². The first-order valence-corrected chi connectivity index (χ1v) is 10.0. The van der Waals surface area contributed by atoms with E-state index < -0.39 is 6.67 Å². The third kappa shape index (κ3) is 3.18. The van der Waals surface area contributed by atoms with Crippen molar-refractivity contribution >= 4 is 11.0 Å². The Kier molecular flexibility index (Phi) is 4.42. The highest BCUT2D eigenvalue weighted by Crippen LogP contribution is 2.34. The van der Waals surface area contributed by atoms with Crippen LogP contribution in [-0.2, 0) is 26.8 Å². The van der Waals surface area contributed by atoms with Gasteiger partial charge in [-0.25, -0.2) is 13.9 Å². The molecule has 0 bridgehead atoms. The smallest absolute Gasteiger partial charge is 0.331 e. The number of rotatable bonds is 6. The van der Waals surface area contributed by atoms with E-state index in [0.717, 1.165) is 28.8 Å². The first kappa shape index (κ1) is 18.6. The second kappa shape index (κ2) is 7.12. The van der Waals surface area contributed by atoms with Crippen molar-refractivity contribution in [3.8, 4) is 17.0 Å². The summed E-state index contributed by atoms with van der Waals surface area (Å²) in [5.74, 6) is 0.585. The van der Waals surface area contributed by atoms with E-state index in [-0.39, 0.29) is 11.6 Å². The van der Waals surface area contributed by atoms with Crippen molar-refractivity contribution in [2.45, 2.75) is 32.6 Å². The van der Waals surface area contributed by atoms with Crippen LogP contribution in [0.1, 0.15) is 24.0 Å². The van der Waals surface area contributed by atoms with E-state index in [0.29, 0.717) is 23.5 Å². The van der Waals surface area contributed by atoms with Crippen LogP contribution >= 0.6 is 0 Å². The average molecular weight is 407 g/mol. The minimum atomic E-state index is -0.616. The Bertz CT molecular complexity index is 1280. The van der Waals surface area contributed by atoms with Gasteiger partial charge in [-0.15, -0.1) is 5.10 Å². The van der Waals surface area contributed by atoms with E-state index in [9.17, 15) is 14.3 Å². The van der Waals surface area contributed by atoms with E-state index in [1.54, 1.807) is 0 Å². The van der Waals surface area contributed by atoms with Gasteiger partial charge in [0.2, 0.25) is 5.88 Å². The Morgan fingerprint density at radius 2 is 1.93 bits per heavy atom. The second-order valence-electron chi connectivity index (χ2n) is 7.96. The molecule has 4 aromatic rings. The summed E-state index contributed by atoms with van der Waals surface area (Å²) in [7, 11) is 1.52. The van der Waals surface area contributed by atoms with Gasteiger partial charge in [0.25, 0.3) is 0 Å². The van der Waals surface area contributed by atoms with Crippen molar-refractivity contribution in [1.29, 1.82) is 0 Å². The number of hydrogen-bond acceptors (Lipinski definition) is 4. The van der Waals surface area contributed by atoms with Crippen LogP contribution in [0.3, 0.4) is 0 Å². The maximum Gasteiger partial charge on any atom is 0.331 e. The Morgan fingerprint density at radius 1 is 1.17 bits per heavy atom. The summed E-state index contributed by atoms with van der Waals surface area (Å²) in [5, 5.41) is 18.2. The Balaban J connectivity index is 1.46. The van der Waals surface area contributed by atoms with Crippen LogP contribution in [0.4, 0.5) is 4.39 Å². The Hall–Kier alpha value is -3.42. The topological polar surface area (TPSA) is 77.9 Å². The van der Waals surface area contributed by atoms with Gasteiger partial charge in [-0.1, -0.05) is 35.5 Å². The molecule has 2 aromatic heterocycles. The molecular formula is C22H22FN5O2. The predicted octanol–water partition coefficient (Wildman–Crippen LogP) is 3.23. The van der Waals surface area contributed by atoms with Gasteiger partial charge in [-0.2, -0.15) is 0 Å². The van der Waals surface area contributed by atoms with Crippen LogP contribution in [0.15, 0.2) is 47.4 Å². The van der Waals surface area contributed by atoms with E-state index >= 15 is 0 Å². The SMILES string of the molecule is Cn1c(O)cn(Cc2ccc(-c3ccc4c(nnn4CC4CC4)c3CF)cc2)c1=O. The van der Waals surface area contributed by atoms with Crippen LogP contribution in [0, 0.1) is 5.92 Å². The van der Waals surface area contributed by atoms with Crippen LogP contribution in [0.25, 0.3) is 22.2 Å². The first-order valence-electron chi connectivity index (χ1n) is 10.0. The molecule has 0 saturated heterocycles. The van der Waals surface area contributed by atoms with Crippen molar-refractivity contribution in [3.63, 3.8) is 0 Å². The summed E-state index contributed by atoms with van der Waals surface area (Å²) < 4.78 is 18.5. The van der Waals surface area contributed by atoms with Crippen LogP contribution in [0.2, 0.25) is 0 Å². The standard InChI is InChI=1S/C22H22FN5O2/c1-26-20(29)13-27(22(26)30)11-14-4-6-16(7-5-14)17-8-9-19-21(18(17)10-23)24-25-28(19)12-15-2-3-15/h4-9,13,15,29H,2-3,10-12H2,1H3. The number of benzene rings is 2. The summed E-state index contributed by atoms with van der Waals surface area (Å²) in [4.78, 5) is 12.1. The molecule has 0 unspecified atom stereocenters. The molecule has 30 heavy (non-hydrogen) atoms. The highest BCUT2D eigenvalue weighted by Gasteiger charge is 2.24. The minimum absolute atomic E-state index is 0.0766. The average Bonchev–Trinajstić information content (AvgIpc) is 3.44. The summed E-state index contributed by atoms with van der Waals surface area (Å²) in [6.07, 6.45) is 3.85. The van der Waals surface area contributed by atoms with Gasteiger partial charge < -0.3 is 5.11 Å². The predicted molar refractivity (Wildman–Crippen MR) is 111 cm³/mol. The zero-order chi connectivity index (χ0) is 20.8. The molecule has 1 aliphatic rings. The van der Waals surface area contributed by atoms with E-state index in [1.165, 1.54) is 35.2 Å². The number of imidazole rings is 1. The van der Waals surface area contributed by atoms with E-state index in [1.807, 2.05) is 41.1 Å². The number of alkyl halides is 1. The summed E-state index contributed by atoms with van der Waals surface area (Å²) in [6, 6.07) is 11.5. The number of nitrogens with zero attached hydrogens (tertiary/aromatic N) is 5. The lowest BCUT2D eigenvalue weighted by Crippen LogP contribution is -2.22. The van der Waals surface area contributed by atoms with Gasteiger partial charge in [-0.3, -0.25) is 9.13 Å². The molecule has 2 aromatic carbocycles. The number of aromatic hydroxyl groups is 1. The summed E-state index contributed by atoms with van der Waals surface area (Å²) in [6.45, 7) is 0.567. The summed E-state index contributed by atoms with van der Waals surface area (Å²) >= 11 is 0. The van der Waals surface area contributed by atoms with Gasteiger partial charge >= 0.3 is 5.69 Å². The molecule has 0 amide bonds. The minimum Gasteiger partial charge on any atom is -0.493 e. The van der Waals surface area contributed by atoms with Crippen molar-refractivity contribution in [2.75, 3.05) is 0 Å². The lowest BCUT2D eigenvalue weighted by molar-refractivity contribution is 0.429. The lowest BCUT2D eigenvalue weighted by Gasteiger charge is -2.10. The molecule has 0 atom stereocenters. The fraction of sp³-hybridized carbons (Fsp3) is 0.318. The van der Waals surface area contributed by atoms with Gasteiger partial charge in [-0.05, 0) is 41.5 Å². The van der Waals surface area contributed by atoms with E-state index in [2.05, 4.69) is 10.3 Å². The van der Waals surface area contributed by atoms with E-state index in [4.69, 9.17) is 0 Å². The molecule has 2 heterocycles. The highest BCUT2D eigenvalue weighted by molar-refractivity contribution is 5.86. The molecule has 1 fully saturated rings. The van der Waals surface area contributed by atoms with Crippen LogP contribution < -0.4 is 5.69 Å². The Morgan fingerprint density at radius 3 is 2.57 bits per heavy atom. The highest BCUT2D eigenvalue weighted by atomic mass is 19.1. The molecule has 8 heteroatoms. The number of aromatic nitrogens is 5. The van der Waals surface area contributed by atoms with Gasteiger partial charge in [0.1, 0.15) is 12.2 Å². The monoisotopic (exact) mass is 407 g/mol. The quantitative estimate of drug-likeness (QED) is 0.532. The molecule has 0 aliphatic heterocycles. The number of hydrogen-bond donors (Lipinski definition) is 1. The molecule has 7 nitrogen and oxygen atoms in total. The van der Waals surface area contributed by atoms with Gasteiger partial charge in [0, 0.05) is 19.2 Å². The molecule has 1 N–H and O–H groups in total.